The van der Waals surface area contributed by atoms with Gasteiger partial charge in [-0.2, -0.15) is 0 Å². The van der Waals surface area contributed by atoms with Crippen molar-refractivity contribution in [3.8, 4) is 0 Å². The summed E-state index contributed by atoms with van der Waals surface area (Å²) in [5.41, 5.74) is 5.12. The molecule has 0 unspecified atom stereocenters. The van der Waals surface area contributed by atoms with E-state index in [2.05, 4.69) is 0 Å². The molecule has 0 radical (unpaired) electrons. The number of hydrogen-bond donors (Lipinski definition) is 1. The molecule has 0 fully saturated rings. The summed E-state index contributed by atoms with van der Waals surface area (Å²) in [6.45, 7) is -4.75. The molecule has 0 saturated carbocycles. The Morgan fingerprint density at radius 2 is 1.92 bits per heavy atom. The summed E-state index contributed by atoms with van der Waals surface area (Å²) in [6, 6.07) is 5.08. The van der Waals surface area contributed by atoms with Crippen molar-refractivity contribution in [1.82, 2.24) is 0 Å². The van der Waals surface area contributed by atoms with Crippen molar-refractivity contribution in [2.75, 3.05) is 0 Å². The van der Waals surface area contributed by atoms with E-state index in [1.165, 1.54) is 6.07 Å². The Morgan fingerprint density at radius 1 is 1.25 bits per heavy atom. The molecule has 0 aliphatic carbocycles. The van der Waals surface area contributed by atoms with Crippen molar-refractivity contribution >= 4 is 12.4 Å². The number of benzene rings is 1. The normalized spacial score (nSPS) is 11.7. The highest BCUT2D eigenvalue weighted by atomic mass is 19.4. The second kappa shape index (κ2) is 3.19. The molecule has 12 heavy (non-hydrogen) atoms. The summed E-state index contributed by atoms with van der Waals surface area (Å²) in [4.78, 5) is 0. The molecule has 1 aromatic carbocycles. The minimum absolute atomic E-state index is 0.139. The highest BCUT2D eigenvalue weighted by Gasteiger charge is 2.24. The first-order valence-corrected chi connectivity index (χ1v) is 3.53. The van der Waals surface area contributed by atoms with Gasteiger partial charge >= 0.3 is 6.98 Å². The molecule has 5 heteroatoms. The number of halogens is 3. The smallest absolute Gasteiger partial charge is 0.445 e. The first kappa shape index (κ1) is 9.13. The molecule has 66 valence electrons. The lowest BCUT2D eigenvalue weighted by atomic mass is 9.79. The molecule has 0 aliphatic rings. The Labute approximate surface area is 68.4 Å². The SMILES string of the molecule is NCc1cccc([B-](F)(F)F)c1. The second-order valence-electron chi connectivity index (χ2n) is 2.52. The third-order valence-electron chi connectivity index (χ3n) is 1.56. The second-order valence-corrected chi connectivity index (χ2v) is 2.52. The molecule has 0 aliphatic heterocycles. The van der Waals surface area contributed by atoms with Crippen LogP contribution >= 0.6 is 0 Å². The van der Waals surface area contributed by atoms with Gasteiger partial charge in [-0.25, -0.2) is 0 Å². The van der Waals surface area contributed by atoms with Gasteiger partial charge in [0.05, 0.1) is 0 Å². The lowest BCUT2D eigenvalue weighted by Gasteiger charge is -2.15. The van der Waals surface area contributed by atoms with Crippen LogP contribution in [0.4, 0.5) is 12.9 Å². The Kier molecular flexibility index (Phi) is 2.42. The zero-order valence-electron chi connectivity index (χ0n) is 6.31. The van der Waals surface area contributed by atoms with E-state index >= 15 is 0 Å². The van der Waals surface area contributed by atoms with Crippen LogP contribution in [0.5, 0.6) is 0 Å². The fraction of sp³-hybridized carbons (Fsp3) is 0.143. The third kappa shape index (κ3) is 2.01. The van der Waals surface area contributed by atoms with Crippen LogP contribution in [0.2, 0.25) is 0 Å². The molecule has 0 atom stereocenters. The quantitative estimate of drug-likeness (QED) is 0.669. The highest BCUT2D eigenvalue weighted by Crippen LogP contribution is 2.09. The fourth-order valence-electron chi connectivity index (χ4n) is 0.924. The minimum Gasteiger partial charge on any atom is -0.445 e. The van der Waals surface area contributed by atoms with E-state index in [9.17, 15) is 12.9 Å². The van der Waals surface area contributed by atoms with Gasteiger partial charge in [0.1, 0.15) is 0 Å². The van der Waals surface area contributed by atoms with Crippen LogP contribution < -0.4 is 11.2 Å². The first-order valence-electron chi connectivity index (χ1n) is 3.53. The third-order valence-corrected chi connectivity index (χ3v) is 1.56. The standard InChI is InChI=1S/C7H8BF3N/c9-8(10,11)7-3-1-2-6(4-7)5-12/h1-4H,5,12H2/q-1. The van der Waals surface area contributed by atoms with Crippen LogP contribution in [0, 0.1) is 0 Å². The molecule has 0 heterocycles. The minimum atomic E-state index is -4.89. The number of rotatable bonds is 2. The van der Waals surface area contributed by atoms with Crippen LogP contribution in [-0.4, -0.2) is 6.98 Å². The van der Waals surface area contributed by atoms with E-state index in [0.29, 0.717) is 5.56 Å². The van der Waals surface area contributed by atoms with Gasteiger partial charge in [-0.1, -0.05) is 24.3 Å². The van der Waals surface area contributed by atoms with Gasteiger partial charge in [0, 0.05) is 6.54 Å². The lowest BCUT2D eigenvalue weighted by molar-refractivity contribution is 0.501. The molecule has 0 bridgehead atoms. The van der Waals surface area contributed by atoms with Gasteiger partial charge in [0.25, 0.3) is 0 Å². The van der Waals surface area contributed by atoms with Gasteiger partial charge in [-0.15, -0.1) is 5.46 Å². The average molecular weight is 174 g/mol. The monoisotopic (exact) mass is 174 g/mol. The van der Waals surface area contributed by atoms with Crippen molar-refractivity contribution in [1.29, 1.82) is 0 Å². The predicted octanol–water partition coefficient (Wildman–Crippen LogP) is 1.20. The molecule has 0 spiro atoms. The topological polar surface area (TPSA) is 26.0 Å². The Hall–Kier alpha value is -0.965. The summed E-state index contributed by atoms with van der Waals surface area (Å²) in [6.07, 6.45) is 0. The Bertz CT molecular complexity index is 272. The summed E-state index contributed by atoms with van der Waals surface area (Å²) < 4.78 is 36.4. The van der Waals surface area contributed by atoms with Gasteiger partial charge in [0.15, 0.2) is 0 Å². The van der Waals surface area contributed by atoms with Crippen molar-refractivity contribution in [2.45, 2.75) is 6.54 Å². The molecule has 0 amide bonds. The molecule has 2 N–H and O–H groups in total. The predicted molar refractivity (Wildman–Crippen MR) is 43.0 cm³/mol. The van der Waals surface area contributed by atoms with E-state index in [1.54, 1.807) is 6.07 Å². The van der Waals surface area contributed by atoms with Crippen LogP contribution in [0.25, 0.3) is 0 Å². The summed E-state index contributed by atoms with van der Waals surface area (Å²) >= 11 is 0. The van der Waals surface area contributed by atoms with Gasteiger partial charge in [-0.3, -0.25) is 0 Å². The van der Waals surface area contributed by atoms with E-state index in [0.717, 1.165) is 12.1 Å². The van der Waals surface area contributed by atoms with E-state index in [4.69, 9.17) is 5.73 Å². The van der Waals surface area contributed by atoms with Crippen LogP contribution in [0.1, 0.15) is 5.56 Å². The molecule has 0 aromatic heterocycles. The molecule has 1 rings (SSSR count). The Balaban J connectivity index is 3.02. The molecule has 0 saturated heterocycles. The molecular weight excluding hydrogens is 166 g/mol. The fourth-order valence-corrected chi connectivity index (χ4v) is 0.924. The van der Waals surface area contributed by atoms with Gasteiger partial charge in [0.2, 0.25) is 0 Å². The van der Waals surface area contributed by atoms with Gasteiger partial charge in [-0.05, 0) is 5.56 Å². The summed E-state index contributed by atoms with van der Waals surface area (Å²) in [5, 5.41) is 0. The van der Waals surface area contributed by atoms with Crippen molar-refractivity contribution < 1.29 is 12.9 Å². The molecular formula is C7H8BF3N-. The maximum Gasteiger partial charge on any atom is 0.509 e. The van der Waals surface area contributed by atoms with Crippen molar-refractivity contribution in [3.05, 3.63) is 29.8 Å². The van der Waals surface area contributed by atoms with Crippen molar-refractivity contribution in [2.24, 2.45) is 5.73 Å². The molecule has 1 aromatic rings. The van der Waals surface area contributed by atoms with Crippen molar-refractivity contribution in [3.63, 3.8) is 0 Å². The summed E-state index contributed by atoms with van der Waals surface area (Å²) in [5.74, 6) is 0. The number of hydrogen-bond acceptors (Lipinski definition) is 1. The zero-order chi connectivity index (χ0) is 9.19. The van der Waals surface area contributed by atoms with Crippen LogP contribution in [0.15, 0.2) is 24.3 Å². The molecule has 1 nitrogen and oxygen atoms in total. The Morgan fingerprint density at radius 3 is 2.42 bits per heavy atom. The maximum absolute atomic E-state index is 12.1. The van der Waals surface area contributed by atoms with Gasteiger partial charge < -0.3 is 18.7 Å². The first-order chi connectivity index (χ1) is 5.54. The maximum atomic E-state index is 12.1. The zero-order valence-corrected chi connectivity index (χ0v) is 6.31. The summed E-state index contributed by atoms with van der Waals surface area (Å²) in [7, 11) is 0. The van der Waals surface area contributed by atoms with E-state index < -0.39 is 12.4 Å². The average Bonchev–Trinajstić information content (AvgIpc) is 2.03. The number of nitrogens with two attached hydrogens (primary N) is 1. The van der Waals surface area contributed by atoms with E-state index in [-0.39, 0.29) is 6.54 Å². The van der Waals surface area contributed by atoms with Crippen LogP contribution in [0.3, 0.4) is 0 Å². The highest BCUT2D eigenvalue weighted by molar-refractivity contribution is 6.73. The van der Waals surface area contributed by atoms with E-state index in [1.807, 2.05) is 0 Å². The lowest BCUT2D eigenvalue weighted by Crippen LogP contribution is -2.34. The largest absolute Gasteiger partial charge is 0.509 e. The van der Waals surface area contributed by atoms with Crippen LogP contribution in [-0.2, 0) is 6.54 Å².